The van der Waals surface area contributed by atoms with Crippen molar-refractivity contribution in [3.8, 4) is 62.9 Å². The molecule has 2 saturated heterocycles. The molecule has 11 bridgehead atoms. The highest BCUT2D eigenvalue weighted by Gasteiger charge is 2.56. The van der Waals surface area contributed by atoms with Gasteiger partial charge in [0.2, 0.25) is 66.7 Å². The van der Waals surface area contributed by atoms with Crippen LogP contribution in [0, 0.1) is 5.92 Å². The van der Waals surface area contributed by atoms with Crippen LogP contribution in [-0.4, -0.2) is 268 Å². The monoisotopic (exact) mass is 2170 g/mol. The Morgan fingerprint density at radius 1 is 0.671 bits per heavy atom. The van der Waals surface area contributed by atoms with Crippen LogP contribution >= 0.6 is 53.6 Å². The summed E-state index contributed by atoms with van der Waals surface area (Å²) in [7, 11) is -19.3. The van der Waals surface area contributed by atoms with Gasteiger partial charge in [-0.25, -0.2) is 9.36 Å². The van der Waals surface area contributed by atoms with Gasteiger partial charge in [-0.15, -0.1) is 0 Å². The molecular formula is C92H123Cl2N11O37P4. The summed E-state index contributed by atoms with van der Waals surface area (Å²) in [4.78, 5) is 208. The molecule has 8 amide bonds. The van der Waals surface area contributed by atoms with Gasteiger partial charge >= 0.3 is 29.0 Å². The van der Waals surface area contributed by atoms with Crippen molar-refractivity contribution in [1.82, 2.24) is 52.8 Å². The number of phosphoric ester groups is 1. The SMILES string of the molecule is CCCCCCCCCCNCCN(C(=O)CC(C)(C)c1cc(P(=O)(O)CP(=O)(O)O)ccc1OP(=O)(O)O)[C@@]1(C)C[C@H](O[C@H]2[C@H](Oc3c4cc5cc3Oc3ccc(cc3Cl)[C@@H](O)[C@@H](NC(=O)[C@@H](CC(C)C)NC)C(=O)N[C@@H](CC(N)=O)C(=O)N[C@H]5C(=O)N[C@H]3C(=O)N[C@H](C(=O)N[C@H](C(=O)O)c5cc(O)c(CNCP(=O)(O)O)c(O)c5-c5cc3ccc5O)[C@H](O)c3ccc(c(Cl)c3)O4)O[C@H](CO)[C@@H](O)[C@@H]2O)O[C@@H](C)[C@H]1O. The van der Waals surface area contributed by atoms with E-state index >= 15 is 28.8 Å². The number of carbonyl (C=O) groups is 9. The number of fused-ring (bicyclic) bond motifs is 15. The van der Waals surface area contributed by atoms with Crippen molar-refractivity contribution in [3.63, 3.8) is 0 Å². The number of halogens is 2. The second-order valence-electron chi connectivity index (χ2n) is 37.7. The average molecular weight is 2170 g/mol. The number of likely N-dealkylation sites (N-methyl/N-ethyl adjacent to an activating group) is 1. The van der Waals surface area contributed by atoms with Crippen LogP contribution in [0.5, 0.6) is 51.7 Å². The van der Waals surface area contributed by atoms with Gasteiger partial charge in [-0.05, 0) is 141 Å². The maximum absolute atomic E-state index is 16.6. The predicted molar refractivity (Wildman–Crippen MR) is 519 cm³/mol. The van der Waals surface area contributed by atoms with Gasteiger partial charge in [-0.3, -0.25) is 61.8 Å². The number of phenols is 3. The number of hydrogen-bond donors (Lipinski definition) is 27. The maximum atomic E-state index is 16.6. The molecule has 6 aromatic rings. The van der Waals surface area contributed by atoms with Crippen molar-refractivity contribution in [1.29, 1.82) is 0 Å². The van der Waals surface area contributed by atoms with E-state index in [-0.39, 0.29) is 36.6 Å². The van der Waals surface area contributed by atoms with Crippen LogP contribution in [0.25, 0.3) is 11.1 Å². The van der Waals surface area contributed by atoms with Crippen molar-refractivity contribution in [2.75, 3.05) is 45.5 Å². The summed E-state index contributed by atoms with van der Waals surface area (Å²) in [6.45, 7) is 9.38. The number of nitrogens with two attached hydrogens (primary N) is 1. The summed E-state index contributed by atoms with van der Waals surface area (Å²) < 4.78 is 95.8. The quantitative estimate of drug-likeness (QED) is 0.0194. The number of carboxylic acids is 1. The predicted octanol–water partition coefficient (Wildman–Crippen LogP) is 3.80. The molecule has 54 heteroatoms. The van der Waals surface area contributed by atoms with Gasteiger partial charge in [0.05, 0.1) is 52.6 Å². The number of nitrogens with zero attached hydrogens (tertiary/aromatic N) is 1. The standard InChI is InChI=1S/C92H123Cl2N11O37P4/c1-9-10-11-12-13-14-15-16-25-97-26-27-105(67(110)37-91(5,6)53-34-49(143(125,126)42-145(130,131)132)20-24-60(53)142-146(133,134)135)92(7)38-68(136-44(4)82(92)116)140-81-79(115)78(114)65(40-106)139-90(81)141-80-63-32-48-33-64(80)138-62-23-19-47(31-55(62)94)76(112)74-88(122)102-72(89(123)124)51-35-59(108)52(39-98-41-144(127,128)129)77(113)69(51)50-29-45(17-21-58(50)107)70(85(119)104-74)101-86(120)71(48)100-84(118)57(36-66(95)109)99-87(121)73(103-83(117)56(96-8)28-43(2)3)75(111)46-18-22-61(137-63)54(93)30-46/h17-24,29-35,43-44,56-57,65,68,70-76,78-79,81-82,90,96-98,106-108,111-116H,9-16,25-28,36-42H2,1-8H3,(H2,95,109)(H,99,121)(H,100,118)(H,101,120)(H,102,122)(H,103,117)(H,104,119)(H,123,124)(H,125,126)(H2,127,128,129)(H2,130,131,132)(H2,133,134,135)/t44-,56+,57-,65+,68-,70+,71+,72-,73+,74-,75+,76+,78+,79-,81+,82+,90-,92-/m0/s1. The lowest BCUT2D eigenvalue weighted by atomic mass is 9.78. The van der Waals surface area contributed by atoms with Crippen LogP contribution in [0.2, 0.25) is 10.0 Å². The van der Waals surface area contributed by atoms with Gasteiger partial charge < -0.3 is 167 Å². The molecule has 2 fully saturated rings. The molecule has 7 aliphatic heterocycles. The van der Waals surface area contributed by atoms with Crippen molar-refractivity contribution in [2.45, 2.75) is 247 Å². The zero-order valence-corrected chi connectivity index (χ0v) is 85.4. The smallest absolute Gasteiger partial charge is 0.507 e. The lowest BCUT2D eigenvalue weighted by Gasteiger charge is -2.52. The number of aliphatic hydroxyl groups excluding tert-OH is 6. The van der Waals surface area contributed by atoms with Gasteiger partial charge in [0.15, 0.2) is 29.9 Å². The molecule has 146 heavy (non-hydrogen) atoms. The summed E-state index contributed by atoms with van der Waals surface area (Å²) >= 11 is 14.4. The number of nitrogens with one attached hydrogen (secondary N) is 9. The maximum Gasteiger partial charge on any atom is 0.524 e. The zero-order valence-electron chi connectivity index (χ0n) is 80.3. The Morgan fingerprint density at radius 3 is 1.86 bits per heavy atom. The molecule has 0 spiro atoms. The van der Waals surface area contributed by atoms with Crippen molar-refractivity contribution in [3.05, 3.63) is 140 Å². The molecule has 13 rings (SSSR count). The number of phosphoric acid groups is 1. The second kappa shape index (κ2) is 48.7. The van der Waals surface area contributed by atoms with Crippen LogP contribution in [0.15, 0.2) is 91.0 Å². The van der Waals surface area contributed by atoms with Gasteiger partial charge in [0.25, 0.3) is 0 Å². The second-order valence-corrected chi connectivity index (χ2v) is 45.7. The van der Waals surface area contributed by atoms with E-state index in [2.05, 4.69) is 54.8 Å². The van der Waals surface area contributed by atoms with Crippen molar-refractivity contribution < 1.29 is 180 Å². The first-order valence-electron chi connectivity index (χ1n) is 46.6. The van der Waals surface area contributed by atoms with Gasteiger partial charge in [0.1, 0.15) is 107 Å². The fourth-order valence-electron chi connectivity index (χ4n) is 18.0. The number of aliphatic hydroxyl groups is 6. The highest BCUT2D eigenvalue weighted by atomic mass is 35.5. The Balaban J connectivity index is 1.11. The number of hydrogen-bond acceptors (Lipinski definition) is 32. The number of carboxylic acid groups (broad SMARTS) is 1. The third-order valence-corrected chi connectivity index (χ3v) is 31.3. The summed E-state index contributed by atoms with van der Waals surface area (Å²) in [6.07, 6.45) is -16.4. The van der Waals surface area contributed by atoms with Gasteiger partial charge in [-0.1, -0.05) is 121 Å². The van der Waals surface area contributed by atoms with Crippen molar-refractivity contribution in [2.24, 2.45) is 11.7 Å². The first kappa shape index (κ1) is 116. The number of phenolic OH excluding ortho intramolecular Hbond substituents is 3. The Bertz CT molecular complexity index is 6040. The number of benzene rings is 6. The summed E-state index contributed by atoms with van der Waals surface area (Å²) in [6, 6.07) is -1.20. The fraction of sp³-hybridized carbons (Fsp3) is 0.511. The molecule has 1 unspecified atom stereocenters. The number of carbonyl (C=O) groups excluding carboxylic acids is 8. The van der Waals surface area contributed by atoms with Crippen LogP contribution < -0.4 is 77.6 Å². The minimum absolute atomic E-state index is 0.00489. The summed E-state index contributed by atoms with van der Waals surface area (Å²) in [5.41, 5.74) is -2.87. The number of amides is 8. The van der Waals surface area contributed by atoms with E-state index in [9.17, 15) is 118 Å². The molecule has 802 valence electrons. The fourth-order valence-corrected chi connectivity index (χ4v) is 22.6. The molecule has 7 heterocycles. The Morgan fingerprint density at radius 2 is 1.27 bits per heavy atom. The summed E-state index contributed by atoms with van der Waals surface area (Å²) in [5, 5.41) is 142. The number of primary amides is 1. The van der Waals surface area contributed by atoms with Crippen molar-refractivity contribution >= 4 is 112 Å². The molecule has 19 atom stereocenters. The van der Waals surface area contributed by atoms with Gasteiger partial charge in [-0.2, -0.15) is 0 Å². The number of aromatic hydroxyl groups is 3. The number of rotatable bonds is 38. The first-order valence-corrected chi connectivity index (χ1v) is 54.3. The minimum atomic E-state index is -5.52. The largest absolute Gasteiger partial charge is 0.524 e. The Labute approximate surface area is 846 Å². The summed E-state index contributed by atoms with van der Waals surface area (Å²) in [5.74, 6) is -21.6. The molecule has 0 saturated carbocycles. The molecule has 7 aliphatic rings. The number of ether oxygens (including phenoxy) is 6. The average Bonchev–Trinajstić information content (AvgIpc) is 0.754. The van der Waals surface area contributed by atoms with E-state index < -0.39 is 349 Å². The van der Waals surface area contributed by atoms with Crippen LogP contribution in [0.3, 0.4) is 0 Å². The Hall–Kier alpha value is -10.1. The lowest BCUT2D eigenvalue weighted by molar-refractivity contribution is -0.338. The van der Waals surface area contributed by atoms with Crippen LogP contribution in [0.4, 0.5) is 0 Å². The molecule has 6 aromatic carbocycles. The molecule has 28 N–H and O–H groups in total. The third-order valence-electron chi connectivity index (χ3n) is 25.5. The molecule has 0 aromatic heterocycles. The van der Waals surface area contributed by atoms with E-state index in [0.29, 0.717) is 19.0 Å². The topological polar surface area (TPSA) is 768 Å². The van der Waals surface area contributed by atoms with E-state index in [4.69, 9.17) is 61.9 Å². The number of unbranched alkanes of at least 4 members (excludes halogenated alkanes) is 7. The normalized spacial score (nSPS) is 24.9. The van der Waals surface area contributed by atoms with Crippen LogP contribution in [-0.2, 0) is 87.6 Å². The molecule has 0 radical (unpaired) electrons. The van der Waals surface area contributed by atoms with E-state index in [1.807, 2.05) is 0 Å². The zero-order chi connectivity index (χ0) is 108. The Kier molecular flexibility index (Phi) is 38.7. The molecular weight excluding hydrogens is 2050 g/mol. The molecule has 0 aliphatic carbocycles. The highest BCUT2D eigenvalue weighted by Crippen LogP contribution is 2.57. The number of aliphatic carboxylic acids is 1. The third kappa shape index (κ3) is 28.7. The highest BCUT2D eigenvalue weighted by molar-refractivity contribution is 7.77. The van der Waals surface area contributed by atoms with E-state index in [1.165, 1.54) is 39.6 Å². The van der Waals surface area contributed by atoms with Crippen LogP contribution in [0.1, 0.15) is 195 Å². The first-order chi connectivity index (χ1) is 68.4. The van der Waals surface area contributed by atoms with E-state index in [1.54, 1.807) is 13.8 Å². The van der Waals surface area contributed by atoms with Gasteiger partial charge in [0, 0.05) is 65.4 Å². The lowest BCUT2D eigenvalue weighted by Crippen LogP contribution is -2.67. The van der Waals surface area contributed by atoms with E-state index in [0.717, 1.165) is 130 Å². The minimum Gasteiger partial charge on any atom is -0.507 e. The molecule has 48 nitrogen and oxygen atoms in total.